The van der Waals surface area contributed by atoms with Gasteiger partial charge < -0.3 is 15.0 Å². The first-order chi connectivity index (χ1) is 17.9. The van der Waals surface area contributed by atoms with Crippen molar-refractivity contribution in [2.75, 3.05) is 24.2 Å². The predicted octanol–water partition coefficient (Wildman–Crippen LogP) is 4.93. The van der Waals surface area contributed by atoms with Gasteiger partial charge in [-0.15, -0.1) is 0 Å². The van der Waals surface area contributed by atoms with Crippen molar-refractivity contribution in [1.29, 1.82) is 0 Å². The summed E-state index contributed by atoms with van der Waals surface area (Å²) in [5, 5.41) is 3.46. The fourth-order valence-corrected chi connectivity index (χ4v) is 5.32. The summed E-state index contributed by atoms with van der Waals surface area (Å²) in [5.41, 5.74) is 2.00. The van der Waals surface area contributed by atoms with Crippen molar-refractivity contribution < 1.29 is 22.7 Å². The Kier molecular flexibility index (Phi) is 11.9. The van der Waals surface area contributed by atoms with Crippen molar-refractivity contribution in [1.82, 2.24) is 10.2 Å². The molecule has 38 heavy (non-hydrogen) atoms. The number of ether oxygens (including phenoxy) is 1. The third-order valence-corrected chi connectivity index (χ3v) is 8.15. The molecule has 10 heteroatoms. The Morgan fingerprint density at radius 3 is 2.29 bits per heavy atom. The van der Waals surface area contributed by atoms with Gasteiger partial charge in [-0.05, 0) is 68.5 Å². The first-order valence-corrected chi connectivity index (χ1v) is 15.1. The molecule has 0 fully saturated rings. The van der Waals surface area contributed by atoms with Crippen LogP contribution in [-0.2, 0) is 26.2 Å². The second kappa shape index (κ2) is 14.4. The Hall–Kier alpha value is -2.78. The van der Waals surface area contributed by atoms with E-state index >= 15 is 0 Å². The maximum atomic E-state index is 13.6. The molecule has 0 saturated heterocycles. The molecule has 0 saturated carbocycles. The first-order valence-electron chi connectivity index (χ1n) is 12.9. The zero-order chi connectivity index (χ0) is 28.5. The number of methoxy groups -OCH3 is 1. The lowest BCUT2D eigenvalue weighted by molar-refractivity contribution is -0.141. The smallest absolute Gasteiger partial charge is 0.243 e. The minimum Gasteiger partial charge on any atom is -0.497 e. The zero-order valence-electron chi connectivity index (χ0n) is 23.2. The van der Waals surface area contributed by atoms with Crippen molar-refractivity contribution in [3.8, 4) is 5.75 Å². The lowest BCUT2D eigenvalue weighted by Gasteiger charge is -2.32. The van der Waals surface area contributed by atoms with E-state index in [1.54, 1.807) is 37.1 Å². The molecule has 2 atom stereocenters. The quantitative estimate of drug-likeness (QED) is 0.350. The average molecular weight is 566 g/mol. The van der Waals surface area contributed by atoms with Gasteiger partial charge in [0.05, 0.1) is 19.1 Å². The molecule has 1 N–H and O–H groups in total. The number of carbonyl (C=O) groups excluding carboxylic acids is 2. The van der Waals surface area contributed by atoms with Crippen LogP contribution in [0, 0.1) is 6.92 Å². The third-order valence-electron chi connectivity index (χ3n) is 6.56. The largest absolute Gasteiger partial charge is 0.497 e. The Balaban J connectivity index is 2.26. The number of halogens is 1. The summed E-state index contributed by atoms with van der Waals surface area (Å²) < 4.78 is 31.7. The number of nitrogens with zero attached hydrogens (tertiary/aromatic N) is 2. The molecular weight excluding hydrogens is 526 g/mol. The lowest BCUT2D eigenvalue weighted by atomic mass is 10.1. The van der Waals surface area contributed by atoms with Crippen molar-refractivity contribution in [2.45, 2.75) is 72.0 Å². The molecule has 0 aliphatic heterocycles. The minimum atomic E-state index is -3.61. The average Bonchev–Trinajstić information content (AvgIpc) is 2.87. The van der Waals surface area contributed by atoms with Crippen LogP contribution >= 0.6 is 11.6 Å². The van der Waals surface area contributed by atoms with Crippen molar-refractivity contribution in [3.63, 3.8) is 0 Å². The van der Waals surface area contributed by atoms with E-state index in [0.29, 0.717) is 28.4 Å². The van der Waals surface area contributed by atoms with Crippen LogP contribution < -0.4 is 14.4 Å². The van der Waals surface area contributed by atoms with Gasteiger partial charge in [0.2, 0.25) is 21.8 Å². The van der Waals surface area contributed by atoms with Gasteiger partial charge in [-0.3, -0.25) is 13.9 Å². The van der Waals surface area contributed by atoms with Gasteiger partial charge in [0.25, 0.3) is 0 Å². The highest BCUT2D eigenvalue weighted by molar-refractivity contribution is 7.92. The standard InChI is InChI=1S/C28H40ClN3O5S/c1-7-20(3)30-28(34)25(8-2)31(19-22-14-16-23(37-5)17-15-22)27(33)13-10-18-32(38(6,35)36)26-12-9-11-24(29)21(26)4/h9,11-12,14-17,20,25H,7-8,10,13,18-19H2,1-6H3,(H,30,34). The first kappa shape index (κ1) is 31.4. The van der Waals surface area contributed by atoms with Crippen LogP contribution in [0.5, 0.6) is 5.75 Å². The number of hydrogen-bond donors (Lipinski definition) is 1. The van der Waals surface area contributed by atoms with Crippen LogP contribution in [0.1, 0.15) is 57.6 Å². The van der Waals surface area contributed by atoms with Crippen LogP contribution in [0.25, 0.3) is 0 Å². The van der Waals surface area contributed by atoms with E-state index in [0.717, 1.165) is 18.2 Å². The Labute approximate surface area is 232 Å². The zero-order valence-corrected chi connectivity index (χ0v) is 24.7. The number of amides is 2. The summed E-state index contributed by atoms with van der Waals surface area (Å²) in [7, 11) is -2.02. The van der Waals surface area contributed by atoms with E-state index in [1.807, 2.05) is 45.0 Å². The number of carbonyl (C=O) groups is 2. The molecule has 0 aliphatic carbocycles. The summed E-state index contributed by atoms with van der Waals surface area (Å²) in [6.45, 7) is 7.91. The number of rotatable bonds is 14. The van der Waals surface area contributed by atoms with Crippen LogP contribution in [-0.4, -0.2) is 57.1 Å². The molecule has 2 amide bonds. The van der Waals surface area contributed by atoms with E-state index in [4.69, 9.17) is 16.3 Å². The Morgan fingerprint density at radius 1 is 1.08 bits per heavy atom. The van der Waals surface area contributed by atoms with Gasteiger partial charge in [0.15, 0.2) is 0 Å². The van der Waals surface area contributed by atoms with Gasteiger partial charge in [-0.1, -0.05) is 43.6 Å². The molecule has 0 radical (unpaired) electrons. The van der Waals surface area contributed by atoms with E-state index < -0.39 is 16.1 Å². The topological polar surface area (TPSA) is 96.0 Å². The van der Waals surface area contributed by atoms with E-state index in [-0.39, 0.29) is 43.8 Å². The minimum absolute atomic E-state index is 0.0151. The molecule has 0 spiro atoms. The van der Waals surface area contributed by atoms with Crippen LogP contribution in [0.15, 0.2) is 42.5 Å². The number of benzene rings is 2. The lowest BCUT2D eigenvalue weighted by Crippen LogP contribution is -2.50. The summed E-state index contributed by atoms with van der Waals surface area (Å²) in [5.74, 6) is 0.282. The number of anilines is 1. The highest BCUT2D eigenvalue weighted by Crippen LogP contribution is 2.28. The highest BCUT2D eigenvalue weighted by Gasteiger charge is 2.29. The molecule has 8 nitrogen and oxygen atoms in total. The molecular formula is C28H40ClN3O5S. The van der Waals surface area contributed by atoms with Gasteiger partial charge in [0, 0.05) is 30.6 Å². The molecule has 0 heterocycles. The van der Waals surface area contributed by atoms with Crippen molar-refractivity contribution in [3.05, 3.63) is 58.6 Å². The number of hydrogen-bond acceptors (Lipinski definition) is 5. The molecule has 0 aromatic heterocycles. The fraction of sp³-hybridized carbons (Fsp3) is 0.500. The molecule has 210 valence electrons. The second-order valence-electron chi connectivity index (χ2n) is 9.43. The maximum Gasteiger partial charge on any atom is 0.243 e. The van der Waals surface area contributed by atoms with E-state index in [2.05, 4.69) is 5.32 Å². The van der Waals surface area contributed by atoms with E-state index in [9.17, 15) is 18.0 Å². The molecule has 2 aromatic carbocycles. The molecule has 2 rings (SSSR count). The SMILES string of the molecule is CCC(C)NC(=O)C(CC)N(Cc1ccc(OC)cc1)C(=O)CCCN(c1cccc(Cl)c1C)S(C)(=O)=O. The van der Waals surface area contributed by atoms with E-state index in [1.165, 1.54) is 4.31 Å². The monoisotopic (exact) mass is 565 g/mol. The molecule has 0 bridgehead atoms. The Bertz CT molecular complexity index is 1190. The summed E-state index contributed by atoms with van der Waals surface area (Å²) >= 11 is 6.23. The second-order valence-corrected chi connectivity index (χ2v) is 11.7. The van der Waals surface area contributed by atoms with Gasteiger partial charge in [-0.2, -0.15) is 0 Å². The summed E-state index contributed by atoms with van der Waals surface area (Å²) in [6, 6.07) is 11.8. The summed E-state index contributed by atoms with van der Waals surface area (Å²) in [4.78, 5) is 28.3. The van der Waals surface area contributed by atoms with Gasteiger partial charge in [0.1, 0.15) is 11.8 Å². The third kappa shape index (κ3) is 8.63. The van der Waals surface area contributed by atoms with Crippen LogP contribution in [0.4, 0.5) is 5.69 Å². The highest BCUT2D eigenvalue weighted by atomic mass is 35.5. The molecule has 0 aliphatic rings. The van der Waals surface area contributed by atoms with Gasteiger partial charge >= 0.3 is 0 Å². The number of sulfonamides is 1. The van der Waals surface area contributed by atoms with Crippen LogP contribution in [0.2, 0.25) is 5.02 Å². The predicted molar refractivity (Wildman–Crippen MR) is 153 cm³/mol. The Morgan fingerprint density at radius 2 is 1.74 bits per heavy atom. The summed E-state index contributed by atoms with van der Waals surface area (Å²) in [6.07, 6.45) is 2.72. The normalized spacial score (nSPS) is 12.9. The number of nitrogens with one attached hydrogen (secondary N) is 1. The fourth-order valence-electron chi connectivity index (χ4n) is 4.14. The van der Waals surface area contributed by atoms with Crippen LogP contribution in [0.3, 0.4) is 0 Å². The molecule has 2 unspecified atom stereocenters. The van der Waals surface area contributed by atoms with Crippen molar-refractivity contribution >= 4 is 39.1 Å². The maximum absolute atomic E-state index is 13.6. The van der Waals surface area contributed by atoms with Gasteiger partial charge in [-0.25, -0.2) is 8.42 Å². The molecule has 2 aromatic rings. The van der Waals surface area contributed by atoms with Crippen molar-refractivity contribution in [2.24, 2.45) is 0 Å².